The number of anilines is 1. The van der Waals surface area contributed by atoms with Crippen molar-refractivity contribution < 1.29 is 13.6 Å². The Bertz CT molecular complexity index is 1380. The van der Waals surface area contributed by atoms with Crippen LogP contribution in [-0.2, 0) is 6.54 Å². The molecule has 0 fully saturated rings. The summed E-state index contributed by atoms with van der Waals surface area (Å²) in [4.78, 5) is 27.9. The van der Waals surface area contributed by atoms with Crippen molar-refractivity contribution in [1.82, 2.24) is 0 Å². The van der Waals surface area contributed by atoms with E-state index in [4.69, 9.17) is 8.83 Å². The second-order valence-electron chi connectivity index (χ2n) is 6.96. The summed E-state index contributed by atoms with van der Waals surface area (Å²) < 4.78 is 11.4. The van der Waals surface area contributed by atoms with Crippen LogP contribution in [-0.4, -0.2) is 5.91 Å². The Morgan fingerprint density at radius 3 is 2.33 bits per heavy atom. The molecule has 5 aromatic rings. The van der Waals surface area contributed by atoms with Gasteiger partial charge < -0.3 is 13.7 Å². The number of carbonyl (C=O) groups is 1. The molecule has 30 heavy (non-hydrogen) atoms. The van der Waals surface area contributed by atoms with Crippen LogP contribution in [0.4, 0.5) is 5.69 Å². The summed E-state index contributed by atoms with van der Waals surface area (Å²) in [5.74, 6) is -0.116. The van der Waals surface area contributed by atoms with Gasteiger partial charge in [0.05, 0.1) is 23.8 Å². The minimum atomic E-state index is -0.329. The third-order valence-electron chi connectivity index (χ3n) is 5.03. The monoisotopic (exact) mass is 395 g/mol. The Kier molecular flexibility index (Phi) is 4.41. The van der Waals surface area contributed by atoms with Crippen LogP contribution >= 0.6 is 0 Å². The van der Waals surface area contributed by atoms with Gasteiger partial charge >= 0.3 is 0 Å². The SMILES string of the molecule is O=C(c1cc2ccccc2o1)N(Cc1coc2ccccc2c1=O)c1ccccc1. The van der Waals surface area contributed by atoms with Crippen LogP contribution in [0.15, 0.2) is 105 Å². The third kappa shape index (κ3) is 3.16. The van der Waals surface area contributed by atoms with E-state index >= 15 is 0 Å². The van der Waals surface area contributed by atoms with Gasteiger partial charge in [0.25, 0.3) is 5.91 Å². The second-order valence-corrected chi connectivity index (χ2v) is 6.96. The third-order valence-corrected chi connectivity index (χ3v) is 5.03. The molecule has 1 amide bonds. The van der Waals surface area contributed by atoms with Gasteiger partial charge in [-0.2, -0.15) is 0 Å². The van der Waals surface area contributed by atoms with Crippen molar-refractivity contribution in [3.63, 3.8) is 0 Å². The van der Waals surface area contributed by atoms with Gasteiger partial charge in [-0.1, -0.05) is 48.5 Å². The van der Waals surface area contributed by atoms with Gasteiger partial charge in [0.1, 0.15) is 11.2 Å². The predicted molar refractivity (Wildman–Crippen MR) is 116 cm³/mol. The van der Waals surface area contributed by atoms with Crippen molar-refractivity contribution in [3.05, 3.63) is 113 Å². The van der Waals surface area contributed by atoms with E-state index in [-0.39, 0.29) is 23.6 Å². The highest BCUT2D eigenvalue weighted by atomic mass is 16.3. The first-order chi connectivity index (χ1) is 14.7. The zero-order valence-corrected chi connectivity index (χ0v) is 15.9. The normalized spacial score (nSPS) is 11.1. The van der Waals surface area contributed by atoms with E-state index in [1.165, 1.54) is 11.2 Å². The number of hydrogen-bond donors (Lipinski definition) is 0. The van der Waals surface area contributed by atoms with Crippen LogP contribution < -0.4 is 10.3 Å². The lowest BCUT2D eigenvalue weighted by Crippen LogP contribution is -2.32. The zero-order chi connectivity index (χ0) is 20.5. The quantitative estimate of drug-likeness (QED) is 0.409. The number of amides is 1. The summed E-state index contributed by atoms with van der Waals surface area (Å²) in [5.41, 5.74) is 2.05. The molecule has 5 heteroatoms. The fraction of sp³-hybridized carbons (Fsp3) is 0.0400. The highest BCUT2D eigenvalue weighted by Gasteiger charge is 2.23. The van der Waals surface area contributed by atoms with Gasteiger partial charge in [-0.3, -0.25) is 9.59 Å². The average Bonchev–Trinajstić information content (AvgIpc) is 3.23. The fourth-order valence-corrected chi connectivity index (χ4v) is 3.51. The van der Waals surface area contributed by atoms with Gasteiger partial charge in [0.2, 0.25) is 0 Å². The smallest absolute Gasteiger partial charge is 0.294 e. The molecule has 2 heterocycles. The van der Waals surface area contributed by atoms with Crippen LogP contribution in [0.2, 0.25) is 0 Å². The molecule has 146 valence electrons. The van der Waals surface area contributed by atoms with Crippen LogP contribution in [0.25, 0.3) is 21.9 Å². The molecule has 5 nitrogen and oxygen atoms in total. The van der Waals surface area contributed by atoms with Crippen LogP contribution in [0.5, 0.6) is 0 Å². The van der Waals surface area contributed by atoms with E-state index in [0.29, 0.717) is 27.8 Å². The number of carbonyl (C=O) groups excluding carboxylic acids is 1. The van der Waals surface area contributed by atoms with Crippen LogP contribution in [0, 0.1) is 0 Å². The Labute approximate surface area is 171 Å². The molecule has 0 saturated heterocycles. The summed E-state index contributed by atoms with van der Waals surface area (Å²) >= 11 is 0. The van der Waals surface area contributed by atoms with Gasteiger partial charge in [0, 0.05) is 11.1 Å². The lowest BCUT2D eigenvalue weighted by molar-refractivity contribution is 0.0960. The highest BCUT2D eigenvalue weighted by Crippen LogP contribution is 2.24. The summed E-state index contributed by atoms with van der Waals surface area (Å²) in [5, 5.41) is 1.33. The minimum Gasteiger partial charge on any atom is -0.464 e. The van der Waals surface area contributed by atoms with Crippen molar-refractivity contribution in [2.75, 3.05) is 4.90 Å². The lowest BCUT2D eigenvalue weighted by atomic mass is 10.1. The summed E-state index contributed by atoms with van der Waals surface area (Å²) in [7, 11) is 0. The minimum absolute atomic E-state index is 0.0626. The summed E-state index contributed by atoms with van der Waals surface area (Å²) in [6, 6.07) is 25.4. The molecule has 0 unspecified atom stereocenters. The predicted octanol–water partition coefficient (Wildman–Crippen LogP) is 5.39. The van der Waals surface area contributed by atoms with Crippen molar-refractivity contribution in [1.29, 1.82) is 0 Å². The van der Waals surface area contributed by atoms with E-state index in [1.807, 2.05) is 60.7 Å². The molecular formula is C25H17NO4. The van der Waals surface area contributed by atoms with E-state index in [0.717, 1.165) is 5.39 Å². The maximum atomic E-state index is 13.4. The maximum absolute atomic E-state index is 13.4. The number of nitrogens with zero attached hydrogens (tertiary/aromatic N) is 1. The van der Waals surface area contributed by atoms with Crippen molar-refractivity contribution in [3.8, 4) is 0 Å². The zero-order valence-electron chi connectivity index (χ0n) is 15.9. The molecule has 0 aliphatic carbocycles. The number of hydrogen-bond acceptors (Lipinski definition) is 4. The molecule has 5 rings (SSSR count). The van der Waals surface area contributed by atoms with E-state index in [2.05, 4.69) is 0 Å². The highest BCUT2D eigenvalue weighted by molar-refractivity contribution is 6.06. The molecule has 0 bridgehead atoms. The maximum Gasteiger partial charge on any atom is 0.294 e. The van der Waals surface area contributed by atoms with Crippen molar-refractivity contribution >= 4 is 33.5 Å². The second kappa shape index (κ2) is 7.37. The first kappa shape index (κ1) is 17.9. The molecule has 0 spiro atoms. The van der Waals surface area contributed by atoms with Gasteiger partial charge in [-0.25, -0.2) is 0 Å². The van der Waals surface area contributed by atoms with Crippen molar-refractivity contribution in [2.45, 2.75) is 6.54 Å². The summed E-state index contributed by atoms with van der Waals surface area (Å²) in [6.07, 6.45) is 1.42. The number of para-hydroxylation sites is 3. The molecule has 0 aliphatic heterocycles. The largest absolute Gasteiger partial charge is 0.464 e. The Morgan fingerprint density at radius 1 is 0.833 bits per heavy atom. The molecule has 2 aromatic heterocycles. The molecule has 0 aliphatic rings. The first-order valence-corrected chi connectivity index (χ1v) is 9.55. The molecule has 0 saturated carbocycles. The molecule has 0 radical (unpaired) electrons. The Morgan fingerprint density at radius 2 is 1.53 bits per heavy atom. The van der Waals surface area contributed by atoms with Gasteiger partial charge in [0.15, 0.2) is 11.2 Å². The Hall–Kier alpha value is -4.12. The molecule has 3 aromatic carbocycles. The summed E-state index contributed by atoms with van der Waals surface area (Å²) in [6.45, 7) is 0.0626. The van der Waals surface area contributed by atoms with Gasteiger partial charge in [-0.05, 0) is 36.4 Å². The topological polar surface area (TPSA) is 63.7 Å². The van der Waals surface area contributed by atoms with Crippen LogP contribution in [0.3, 0.4) is 0 Å². The van der Waals surface area contributed by atoms with E-state index in [1.54, 1.807) is 24.3 Å². The molecular weight excluding hydrogens is 378 g/mol. The van der Waals surface area contributed by atoms with Gasteiger partial charge in [-0.15, -0.1) is 0 Å². The van der Waals surface area contributed by atoms with Crippen molar-refractivity contribution in [2.24, 2.45) is 0 Å². The lowest BCUT2D eigenvalue weighted by Gasteiger charge is -2.21. The number of fused-ring (bicyclic) bond motifs is 2. The molecule has 0 N–H and O–H groups in total. The first-order valence-electron chi connectivity index (χ1n) is 9.55. The average molecular weight is 395 g/mol. The standard InChI is InChI=1S/C25H17NO4/c27-24-18(16-29-22-13-7-5-11-20(22)24)15-26(19-9-2-1-3-10-19)25(28)23-14-17-8-4-6-12-21(17)30-23/h1-14,16H,15H2. The number of benzene rings is 3. The molecule has 0 atom stereocenters. The fourth-order valence-electron chi connectivity index (χ4n) is 3.51. The van der Waals surface area contributed by atoms with Crippen LogP contribution in [0.1, 0.15) is 16.1 Å². The van der Waals surface area contributed by atoms with E-state index < -0.39 is 0 Å². The number of rotatable bonds is 4. The number of furan rings is 1. The Balaban J connectivity index is 1.58. The van der Waals surface area contributed by atoms with E-state index in [9.17, 15) is 9.59 Å².